The van der Waals surface area contributed by atoms with Gasteiger partial charge in [-0.2, -0.15) is 5.26 Å². The third-order valence-electron chi connectivity index (χ3n) is 2.39. The average Bonchev–Trinajstić information content (AvgIpc) is 2.41. The van der Waals surface area contributed by atoms with Crippen LogP contribution in [0.15, 0.2) is 30.5 Å². The summed E-state index contributed by atoms with van der Waals surface area (Å²) in [7, 11) is 0. The normalized spacial score (nSPS) is 9.85. The fraction of sp³-hybridized carbons (Fsp3) is 0. The summed E-state index contributed by atoms with van der Waals surface area (Å²) in [6.07, 6.45) is 1.18. The number of primary amides is 1. The molecule has 0 atom stereocenters. The predicted molar refractivity (Wildman–Crippen MR) is 69.0 cm³/mol. The topological polar surface area (TPSA) is 89.0 Å². The number of nitriles is 1. The molecule has 0 fully saturated rings. The van der Waals surface area contributed by atoms with Gasteiger partial charge in [0.15, 0.2) is 0 Å². The highest BCUT2D eigenvalue weighted by Gasteiger charge is 2.13. The smallest absolute Gasteiger partial charge is 0.250 e. The van der Waals surface area contributed by atoms with Gasteiger partial charge in [0, 0.05) is 6.20 Å². The Labute approximate surface area is 118 Å². The average molecular weight is 292 g/mol. The first kappa shape index (κ1) is 13.8. The quantitative estimate of drug-likeness (QED) is 0.941. The number of nitrogens with two attached hydrogens (primary N) is 1. The lowest BCUT2D eigenvalue weighted by Gasteiger charge is -2.08. The maximum atomic E-state index is 13.4. The highest BCUT2D eigenvalue weighted by molar-refractivity contribution is 6.32. The molecule has 0 unspecified atom stereocenters. The van der Waals surface area contributed by atoms with E-state index in [1.54, 1.807) is 6.07 Å². The van der Waals surface area contributed by atoms with E-state index in [2.05, 4.69) is 4.98 Å². The minimum absolute atomic E-state index is 0.0197. The molecular formula is C13H7ClFN3O2. The molecule has 0 aliphatic heterocycles. The Kier molecular flexibility index (Phi) is 3.82. The van der Waals surface area contributed by atoms with Crippen LogP contribution in [0.3, 0.4) is 0 Å². The van der Waals surface area contributed by atoms with Crippen LogP contribution in [-0.4, -0.2) is 10.9 Å². The van der Waals surface area contributed by atoms with E-state index in [9.17, 15) is 9.18 Å². The summed E-state index contributed by atoms with van der Waals surface area (Å²) in [5.41, 5.74) is 4.93. The molecule has 1 aromatic heterocycles. The highest BCUT2D eigenvalue weighted by Crippen LogP contribution is 2.30. The van der Waals surface area contributed by atoms with E-state index in [0.29, 0.717) is 0 Å². The number of halogens is 2. The Morgan fingerprint density at radius 3 is 2.85 bits per heavy atom. The number of pyridine rings is 1. The van der Waals surface area contributed by atoms with Gasteiger partial charge in [0.2, 0.25) is 11.8 Å². The van der Waals surface area contributed by atoms with Crippen LogP contribution in [0, 0.1) is 17.1 Å². The second kappa shape index (κ2) is 5.55. The second-order valence-corrected chi connectivity index (χ2v) is 4.11. The van der Waals surface area contributed by atoms with Crippen LogP contribution in [0.4, 0.5) is 4.39 Å². The van der Waals surface area contributed by atoms with Crippen molar-refractivity contribution in [3.63, 3.8) is 0 Å². The molecule has 0 saturated heterocycles. The molecular weight excluding hydrogens is 285 g/mol. The Morgan fingerprint density at radius 1 is 1.50 bits per heavy atom. The van der Waals surface area contributed by atoms with Crippen molar-refractivity contribution in [2.45, 2.75) is 0 Å². The van der Waals surface area contributed by atoms with Gasteiger partial charge in [0.1, 0.15) is 28.2 Å². The number of carbonyl (C=O) groups excluding carboxylic acids is 1. The maximum Gasteiger partial charge on any atom is 0.250 e. The SMILES string of the molecule is N#Cc1c(F)cccc1Oc1ncc(C(N)=O)cc1Cl. The minimum Gasteiger partial charge on any atom is -0.436 e. The van der Waals surface area contributed by atoms with Crippen molar-refractivity contribution in [2.24, 2.45) is 5.73 Å². The lowest BCUT2D eigenvalue weighted by Crippen LogP contribution is -2.11. The Morgan fingerprint density at radius 2 is 2.25 bits per heavy atom. The van der Waals surface area contributed by atoms with Crippen LogP contribution in [-0.2, 0) is 0 Å². The Balaban J connectivity index is 2.39. The summed E-state index contributed by atoms with van der Waals surface area (Å²) in [6, 6.07) is 6.89. The molecule has 100 valence electrons. The van der Waals surface area contributed by atoms with E-state index in [4.69, 9.17) is 27.3 Å². The summed E-state index contributed by atoms with van der Waals surface area (Å²) < 4.78 is 18.7. The molecule has 7 heteroatoms. The molecule has 2 rings (SSSR count). The number of benzene rings is 1. The predicted octanol–water partition coefficient (Wildman–Crippen LogP) is 2.64. The molecule has 0 aliphatic rings. The van der Waals surface area contributed by atoms with Crippen LogP contribution in [0.25, 0.3) is 0 Å². The number of nitrogens with zero attached hydrogens (tertiary/aromatic N) is 2. The monoisotopic (exact) mass is 291 g/mol. The standard InChI is InChI=1S/C13H7ClFN3O2/c14-9-4-7(12(17)19)6-18-13(9)20-11-3-1-2-10(15)8(11)5-16/h1-4,6H,(H2,17,19). The maximum absolute atomic E-state index is 13.4. The molecule has 0 radical (unpaired) electrons. The van der Waals surface area contributed by atoms with E-state index in [-0.39, 0.29) is 27.8 Å². The van der Waals surface area contributed by atoms with Crippen molar-refractivity contribution in [1.82, 2.24) is 4.98 Å². The number of hydrogen-bond donors (Lipinski definition) is 1. The summed E-state index contributed by atoms with van der Waals surface area (Å²) >= 11 is 5.89. The number of ether oxygens (including phenoxy) is 1. The molecule has 5 nitrogen and oxygen atoms in total. The van der Waals surface area contributed by atoms with Gasteiger partial charge in [-0.25, -0.2) is 9.37 Å². The molecule has 0 spiro atoms. The van der Waals surface area contributed by atoms with E-state index in [1.807, 2.05) is 0 Å². The molecule has 1 heterocycles. The number of aromatic nitrogens is 1. The van der Waals surface area contributed by atoms with Crippen LogP contribution in [0.5, 0.6) is 11.6 Å². The van der Waals surface area contributed by atoms with Gasteiger partial charge in [-0.15, -0.1) is 0 Å². The fourth-order valence-electron chi connectivity index (χ4n) is 1.44. The lowest BCUT2D eigenvalue weighted by molar-refractivity contribution is 0.1000. The zero-order valence-corrected chi connectivity index (χ0v) is 10.7. The number of amides is 1. The third-order valence-corrected chi connectivity index (χ3v) is 2.66. The van der Waals surface area contributed by atoms with Gasteiger partial charge in [-0.1, -0.05) is 17.7 Å². The first-order chi connectivity index (χ1) is 9.52. The number of rotatable bonds is 3. The van der Waals surface area contributed by atoms with Gasteiger partial charge in [-0.05, 0) is 18.2 Å². The van der Waals surface area contributed by atoms with Gasteiger partial charge >= 0.3 is 0 Å². The molecule has 2 N–H and O–H groups in total. The molecule has 2 aromatic rings. The van der Waals surface area contributed by atoms with Gasteiger partial charge in [0.05, 0.1) is 5.56 Å². The lowest BCUT2D eigenvalue weighted by atomic mass is 10.2. The highest BCUT2D eigenvalue weighted by atomic mass is 35.5. The number of hydrogen-bond acceptors (Lipinski definition) is 4. The molecule has 0 aliphatic carbocycles. The van der Waals surface area contributed by atoms with Crippen LogP contribution in [0.1, 0.15) is 15.9 Å². The molecule has 20 heavy (non-hydrogen) atoms. The zero-order chi connectivity index (χ0) is 14.7. The molecule has 0 bridgehead atoms. The second-order valence-electron chi connectivity index (χ2n) is 3.70. The Hall–Kier alpha value is -2.65. The Bertz CT molecular complexity index is 728. The molecule has 1 aromatic carbocycles. The number of carbonyl (C=O) groups is 1. The first-order valence-electron chi connectivity index (χ1n) is 5.34. The van der Waals surface area contributed by atoms with E-state index < -0.39 is 11.7 Å². The third kappa shape index (κ3) is 2.68. The van der Waals surface area contributed by atoms with Crippen molar-refractivity contribution < 1.29 is 13.9 Å². The summed E-state index contributed by atoms with van der Waals surface area (Å²) in [4.78, 5) is 14.8. The van der Waals surface area contributed by atoms with Crippen molar-refractivity contribution in [3.8, 4) is 17.7 Å². The van der Waals surface area contributed by atoms with Gasteiger partial charge in [-0.3, -0.25) is 4.79 Å². The molecule has 0 saturated carbocycles. The summed E-state index contributed by atoms with van der Waals surface area (Å²) in [5.74, 6) is -1.48. The van der Waals surface area contributed by atoms with Crippen LogP contribution < -0.4 is 10.5 Å². The zero-order valence-electron chi connectivity index (χ0n) is 9.93. The van der Waals surface area contributed by atoms with E-state index in [0.717, 1.165) is 6.07 Å². The van der Waals surface area contributed by atoms with Crippen molar-refractivity contribution in [1.29, 1.82) is 5.26 Å². The first-order valence-corrected chi connectivity index (χ1v) is 5.72. The van der Waals surface area contributed by atoms with Crippen molar-refractivity contribution >= 4 is 17.5 Å². The van der Waals surface area contributed by atoms with Crippen LogP contribution >= 0.6 is 11.6 Å². The summed E-state index contributed by atoms with van der Waals surface area (Å²) in [5, 5.41) is 8.90. The fourth-order valence-corrected chi connectivity index (χ4v) is 1.64. The van der Waals surface area contributed by atoms with Gasteiger partial charge in [0.25, 0.3) is 0 Å². The minimum atomic E-state index is -0.713. The summed E-state index contributed by atoms with van der Waals surface area (Å²) in [6.45, 7) is 0. The van der Waals surface area contributed by atoms with Crippen molar-refractivity contribution in [3.05, 3.63) is 52.4 Å². The van der Waals surface area contributed by atoms with Crippen molar-refractivity contribution in [2.75, 3.05) is 0 Å². The van der Waals surface area contributed by atoms with Gasteiger partial charge < -0.3 is 10.5 Å². The van der Waals surface area contributed by atoms with E-state index >= 15 is 0 Å². The van der Waals surface area contributed by atoms with Crippen LogP contribution in [0.2, 0.25) is 5.02 Å². The van der Waals surface area contributed by atoms with E-state index in [1.165, 1.54) is 24.4 Å². The molecule has 1 amide bonds. The largest absolute Gasteiger partial charge is 0.436 e.